The van der Waals surface area contributed by atoms with E-state index in [1.54, 1.807) is 6.07 Å². The van der Waals surface area contributed by atoms with E-state index in [4.69, 9.17) is 5.73 Å². The molecule has 3 N–H and O–H groups in total. The van der Waals surface area contributed by atoms with Gasteiger partial charge in [0, 0.05) is 25.2 Å². The lowest BCUT2D eigenvalue weighted by Crippen LogP contribution is -2.25. The van der Waals surface area contributed by atoms with Gasteiger partial charge in [-0.05, 0) is 43.4 Å². The summed E-state index contributed by atoms with van der Waals surface area (Å²) >= 11 is 0. The van der Waals surface area contributed by atoms with E-state index in [0.717, 1.165) is 24.5 Å². The van der Waals surface area contributed by atoms with Gasteiger partial charge in [-0.25, -0.2) is 0 Å². The molecule has 0 bridgehead atoms. The smallest absolute Gasteiger partial charge is 0.251 e. The molecule has 1 amide bonds. The molecule has 1 heterocycles. The van der Waals surface area contributed by atoms with E-state index in [2.05, 4.69) is 24.1 Å². The van der Waals surface area contributed by atoms with Crippen molar-refractivity contribution in [2.45, 2.75) is 27.2 Å². The summed E-state index contributed by atoms with van der Waals surface area (Å²) in [5, 5.41) is 2.83. The molecule has 0 aliphatic carbocycles. The zero-order valence-electron chi connectivity index (χ0n) is 12.6. The van der Waals surface area contributed by atoms with E-state index in [1.165, 1.54) is 6.42 Å². The summed E-state index contributed by atoms with van der Waals surface area (Å²) in [4.78, 5) is 14.2. The van der Waals surface area contributed by atoms with Crippen LogP contribution in [0.2, 0.25) is 0 Å². The zero-order chi connectivity index (χ0) is 14.7. The molecule has 20 heavy (non-hydrogen) atoms. The lowest BCUT2D eigenvalue weighted by Gasteiger charge is -2.22. The van der Waals surface area contributed by atoms with Gasteiger partial charge in [-0.3, -0.25) is 4.79 Å². The Morgan fingerprint density at radius 3 is 2.85 bits per heavy atom. The van der Waals surface area contributed by atoms with Crippen molar-refractivity contribution in [3.63, 3.8) is 0 Å². The van der Waals surface area contributed by atoms with E-state index in [-0.39, 0.29) is 5.91 Å². The van der Waals surface area contributed by atoms with Gasteiger partial charge in [0.05, 0.1) is 11.4 Å². The van der Waals surface area contributed by atoms with Crippen molar-refractivity contribution in [3.05, 3.63) is 23.8 Å². The molecule has 0 spiro atoms. The highest BCUT2D eigenvalue weighted by Gasteiger charge is 2.26. The molecule has 0 radical (unpaired) electrons. The highest BCUT2D eigenvalue weighted by molar-refractivity contribution is 5.96. The van der Waals surface area contributed by atoms with Crippen LogP contribution in [0.15, 0.2) is 18.2 Å². The van der Waals surface area contributed by atoms with Crippen molar-refractivity contribution in [2.75, 3.05) is 30.3 Å². The molecule has 4 heteroatoms. The number of carbonyl (C=O) groups is 1. The van der Waals surface area contributed by atoms with Crippen LogP contribution in [0.4, 0.5) is 11.4 Å². The minimum Gasteiger partial charge on any atom is -0.397 e. The SMILES string of the molecule is CCNC(=O)c1ccc(N)c(N2CCC(C(C)C)C2)c1. The van der Waals surface area contributed by atoms with Gasteiger partial charge < -0.3 is 16.0 Å². The van der Waals surface area contributed by atoms with Crippen LogP contribution < -0.4 is 16.0 Å². The maximum absolute atomic E-state index is 11.9. The summed E-state index contributed by atoms with van der Waals surface area (Å²) in [6, 6.07) is 5.55. The summed E-state index contributed by atoms with van der Waals surface area (Å²) in [5.41, 5.74) is 8.53. The molecule has 1 aromatic carbocycles. The maximum atomic E-state index is 11.9. The van der Waals surface area contributed by atoms with Crippen LogP contribution >= 0.6 is 0 Å². The Hall–Kier alpha value is -1.71. The Balaban J connectivity index is 2.19. The molecule has 0 saturated carbocycles. The number of nitrogen functional groups attached to an aromatic ring is 1. The fourth-order valence-electron chi connectivity index (χ4n) is 2.77. The number of anilines is 2. The predicted molar refractivity (Wildman–Crippen MR) is 84.0 cm³/mol. The molecule has 1 fully saturated rings. The third-order valence-electron chi connectivity index (χ3n) is 4.14. The summed E-state index contributed by atoms with van der Waals surface area (Å²) in [5.74, 6) is 1.36. The molecular weight excluding hydrogens is 250 g/mol. The van der Waals surface area contributed by atoms with Crippen molar-refractivity contribution >= 4 is 17.3 Å². The van der Waals surface area contributed by atoms with Crippen LogP contribution in [0.25, 0.3) is 0 Å². The lowest BCUT2D eigenvalue weighted by molar-refractivity contribution is 0.0956. The van der Waals surface area contributed by atoms with Crippen LogP contribution in [0.5, 0.6) is 0 Å². The molecule has 4 nitrogen and oxygen atoms in total. The van der Waals surface area contributed by atoms with Crippen molar-refractivity contribution in [1.82, 2.24) is 5.32 Å². The van der Waals surface area contributed by atoms with Crippen LogP contribution in [0, 0.1) is 11.8 Å². The maximum Gasteiger partial charge on any atom is 0.251 e. The zero-order valence-corrected chi connectivity index (χ0v) is 12.6. The fourth-order valence-corrected chi connectivity index (χ4v) is 2.77. The van der Waals surface area contributed by atoms with Crippen LogP contribution in [-0.2, 0) is 0 Å². The van der Waals surface area contributed by atoms with Crippen molar-refractivity contribution in [3.8, 4) is 0 Å². The number of nitrogens with one attached hydrogen (secondary N) is 1. The summed E-state index contributed by atoms with van der Waals surface area (Å²) in [6.45, 7) is 9.14. The van der Waals surface area contributed by atoms with Crippen LogP contribution in [0.3, 0.4) is 0 Å². The summed E-state index contributed by atoms with van der Waals surface area (Å²) in [7, 11) is 0. The van der Waals surface area contributed by atoms with Gasteiger partial charge in [-0.2, -0.15) is 0 Å². The van der Waals surface area contributed by atoms with E-state index >= 15 is 0 Å². The molecular formula is C16H25N3O. The molecule has 110 valence electrons. The topological polar surface area (TPSA) is 58.4 Å². The van der Waals surface area contributed by atoms with Gasteiger partial charge in [-0.1, -0.05) is 13.8 Å². The molecule has 1 atom stereocenters. The normalized spacial score (nSPS) is 18.6. The quantitative estimate of drug-likeness (QED) is 0.830. The Morgan fingerprint density at radius 1 is 1.50 bits per heavy atom. The summed E-state index contributed by atoms with van der Waals surface area (Å²) in [6.07, 6.45) is 1.20. The van der Waals surface area contributed by atoms with E-state index in [0.29, 0.717) is 23.9 Å². The highest BCUT2D eigenvalue weighted by Crippen LogP contribution is 2.32. The minimum absolute atomic E-state index is 0.0339. The number of hydrogen-bond acceptors (Lipinski definition) is 3. The molecule has 1 aliphatic heterocycles. The van der Waals surface area contributed by atoms with Crippen molar-refractivity contribution in [2.24, 2.45) is 11.8 Å². The Labute approximate surface area is 121 Å². The first kappa shape index (κ1) is 14.7. The van der Waals surface area contributed by atoms with E-state index in [9.17, 15) is 4.79 Å². The minimum atomic E-state index is -0.0339. The molecule has 2 rings (SSSR count). The second kappa shape index (κ2) is 6.16. The Bertz CT molecular complexity index is 485. The Morgan fingerprint density at radius 2 is 2.25 bits per heavy atom. The fraction of sp³-hybridized carbons (Fsp3) is 0.562. The first-order valence-electron chi connectivity index (χ1n) is 7.45. The molecule has 0 aromatic heterocycles. The standard InChI is InChI=1S/C16H25N3O/c1-4-18-16(20)12-5-6-14(17)15(9-12)19-8-7-13(10-19)11(2)3/h5-6,9,11,13H,4,7-8,10,17H2,1-3H3,(H,18,20). The number of hydrogen-bond donors (Lipinski definition) is 2. The molecule has 1 saturated heterocycles. The number of benzene rings is 1. The average Bonchev–Trinajstić information content (AvgIpc) is 2.89. The van der Waals surface area contributed by atoms with Crippen molar-refractivity contribution in [1.29, 1.82) is 0 Å². The second-order valence-electron chi connectivity index (χ2n) is 5.87. The number of rotatable bonds is 4. The van der Waals surface area contributed by atoms with Crippen LogP contribution in [0.1, 0.15) is 37.6 Å². The number of amides is 1. The second-order valence-corrected chi connectivity index (χ2v) is 5.87. The van der Waals surface area contributed by atoms with Crippen LogP contribution in [-0.4, -0.2) is 25.5 Å². The van der Waals surface area contributed by atoms with Gasteiger partial charge in [0.15, 0.2) is 0 Å². The average molecular weight is 275 g/mol. The number of nitrogens with zero attached hydrogens (tertiary/aromatic N) is 1. The lowest BCUT2D eigenvalue weighted by atomic mass is 9.95. The van der Waals surface area contributed by atoms with Gasteiger partial charge >= 0.3 is 0 Å². The van der Waals surface area contributed by atoms with E-state index < -0.39 is 0 Å². The first-order valence-corrected chi connectivity index (χ1v) is 7.45. The van der Waals surface area contributed by atoms with E-state index in [1.807, 2.05) is 19.1 Å². The van der Waals surface area contributed by atoms with Crippen molar-refractivity contribution < 1.29 is 4.79 Å². The van der Waals surface area contributed by atoms with Gasteiger partial charge in [0.2, 0.25) is 0 Å². The molecule has 1 aliphatic rings. The number of carbonyl (C=O) groups excluding carboxylic acids is 1. The molecule has 1 aromatic rings. The first-order chi connectivity index (χ1) is 9.52. The monoisotopic (exact) mass is 275 g/mol. The predicted octanol–water partition coefficient (Wildman–Crippen LogP) is 2.50. The van der Waals surface area contributed by atoms with Gasteiger partial charge in [-0.15, -0.1) is 0 Å². The largest absolute Gasteiger partial charge is 0.397 e. The third kappa shape index (κ3) is 3.06. The molecule has 1 unspecified atom stereocenters. The van der Waals surface area contributed by atoms with Gasteiger partial charge in [0.25, 0.3) is 5.91 Å². The number of nitrogens with two attached hydrogens (primary N) is 1. The summed E-state index contributed by atoms with van der Waals surface area (Å²) < 4.78 is 0. The van der Waals surface area contributed by atoms with Gasteiger partial charge in [0.1, 0.15) is 0 Å². The highest BCUT2D eigenvalue weighted by atomic mass is 16.1. The Kier molecular flexibility index (Phi) is 4.53. The third-order valence-corrected chi connectivity index (χ3v) is 4.14.